The van der Waals surface area contributed by atoms with E-state index < -0.39 is 26.6 Å². The van der Waals surface area contributed by atoms with Crippen LogP contribution in [0.4, 0.5) is 0 Å². The summed E-state index contributed by atoms with van der Waals surface area (Å²) in [5.41, 5.74) is 0. The number of rotatable bonds is 55. The predicted octanol–water partition coefficient (Wildman–Crippen LogP) is 18.4. The molecule has 8 nitrogen and oxygen atoms in total. The molecule has 0 bridgehead atoms. The van der Waals surface area contributed by atoms with Gasteiger partial charge in [0.15, 0.2) is 0 Å². The Labute approximate surface area is 458 Å². The highest BCUT2D eigenvalue weighted by molar-refractivity contribution is 7.45. The fraction of sp³-hybridized carbons (Fsp3) is 0.738. The normalized spacial score (nSPS) is 14.5. The Morgan fingerprint density at radius 2 is 0.838 bits per heavy atom. The summed E-state index contributed by atoms with van der Waals surface area (Å²) in [5, 5.41) is 13.9. The number of amides is 1. The zero-order valence-electron chi connectivity index (χ0n) is 48.8. The van der Waals surface area contributed by atoms with Gasteiger partial charge < -0.3 is 28.8 Å². The molecule has 0 saturated carbocycles. The summed E-state index contributed by atoms with van der Waals surface area (Å²) in [6.07, 6.45) is 79.2. The third kappa shape index (κ3) is 57.1. The van der Waals surface area contributed by atoms with Gasteiger partial charge in [0.05, 0.1) is 39.9 Å². The number of phosphoric ester groups is 1. The zero-order chi connectivity index (χ0) is 54.2. The summed E-state index contributed by atoms with van der Waals surface area (Å²) in [7, 11) is 1.23. The number of aliphatic hydroxyl groups is 1. The maximum absolute atomic E-state index is 13.0. The number of carbonyl (C=O) groups excluding carboxylic acids is 1. The predicted molar refractivity (Wildman–Crippen MR) is 320 cm³/mol. The van der Waals surface area contributed by atoms with E-state index in [4.69, 9.17) is 9.05 Å². The Kier molecular flexibility index (Phi) is 53.3. The molecule has 0 spiro atoms. The molecule has 0 aromatic heterocycles. The first-order chi connectivity index (χ1) is 36.0. The van der Waals surface area contributed by atoms with Gasteiger partial charge in [-0.15, -0.1) is 0 Å². The summed E-state index contributed by atoms with van der Waals surface area (Å²) in [4.78, 5) is 25.5. The molecule has 74 heavy (non-hydrogen) atoms. The molecule has 3 unspecified atom stereocenters. The van der Waals surface area contributed by atoms with Crippen molar-refractivity contribution < 1.29 is 32.9 Å². The van der Waals surface area contributed by atoms with E-state index in [1.165, 1.54) is 161 Å². The number of nitrogens with zero attached hydrogens (tertiary/aromatic N) is 1. The number of hydrogen-bond acceptors (Lipinski definition) is 6. The number of nitrogens with one attached hydrogen (secondary N) is 1. The topological polar surface area (TPSA) is 108 Å². The van der Waals surface area contributed by atoms with Gasteiger partial charge in [0.1, 0.15) is 13.2 Å². The van der Waals surface area contributed by atoms with Crippen LogP contribution in [0.2, 0.25) is 0 Å². The first-order valence-corrected chi connectivity index (χ1v) is 32.1. The highest BCUT2D eigenvalue weighted by Gasteiger charge is 2.23. The lowest BCUT2D eigenvalue weighted by molar-refractivity contribution is -0.870. The van der Waals surface area contributed by atoms with Crippen LogP contribution in [0.15, 0.2) is 97.2 Å². The quantitative estimate of drug-likeness (QED) is 0.0272. The van der Waals surface area contributed by atoms with Gasteiger partial charge in [-0.05, 0) is 89.9 Å². The SMILES string of the molecule is CC/C=C\C/C=C\C/C=C\C/C=C\C/C=C\CCCCCCCCCCCCCCCC(=O)NC(COP(=O)([O-])OCC[N+](C)(C)C)C(O)/C=C/CC/C=C/CC/C=C/CCCCCCCCCCCCCCC. The smallest absolute Gasteiger partial charge is 0.268 e. The van der Waals surface area contributed by atoms with E-state index in [1.807, 2.05) is 27.2 Å². The summed E-state index contributed by atoms with van der Waals surface area (Å²) in [6.45, 7) is 4.52. The second kappa shape index (κ2) is 55.2. The third-order valence-electron chi connectivity index (χ3n) is 13.3. The van der Waals surface area contributed by atoms with Crippen LogP contribution < -0.4 is 10.2 Å². The molecular weight excluding hydrogens is 936 g/mol. The highest BCUT2D eigenvalue weighted by Crippen LogP contribution is 2.38. The van der Waals surface area contributed by atoms with Crippen LogP contribution >= 0.6 is 7.82 Å². The van der Waals surface area contributed by atoms with Crippen molar-refractivity contribution in [3.8, 4) is 0 Å². The monoisotopic (exact) mass is 1050 g/mol. The van der Waals surface area contributed by atoms with Gasteiger partial charge in [-0.3, -0.25) is 9.36 Å². The van der Waals surface area contributed by atoms with Crippen molar-refractivity contribution >= 4 is 13.7 Å². The lowest BCUT2D eigenvalue weighted by Gasteiger charge is -2.29. The summed E-state index contributed by atoms with van der Waals surface area (Å²) < 4.78 is 23.4. The Hall–Kier alpha value is -2.58. The number of quaternary nitrogens is 1. The molecule has 1 amide bonds. The lowest BCUT2D eigenvalue weighted by Crippen LogP contribution is -2.45. The minimum atomic E-state index is -4.62. The fourth-order valence-corrected chi connectivity index (χ4v) is 9.23. The molecule has 0 rings (SSSR count). The van der Waals surface area contributed by atoms with E-state index in [9.17, 15) is 19.4 Å². The summed E-state index contributed by atoms with van der Waals surface area (Å²) in [5.74, 6) is -0.215. The van der Waals surface area contributed by atoms with Crippen LogP contribution in [0.5, 0.6) is 0 Å². The maximum Gasteiger partial charge on any atom is 0.268 e. The molecule has 2 N–H and O–H groups in total. The minimum Gasteiger partial charge on any atom is -0.756 e. The van der Waals surface area contributed by atoms with Gasteiger partial charge in [0.25, 0.3) is 7.82 Å². The van der Waals surface area contributed by atoms with Crippen molar-refractivity contribution in [2.75, 3.05) is 40.9 Å². The van der Waals surface area contributed by atoms with Crippen LogP contribution in [0.3, 0.4) is 0 Å². The Morgan fingerprint density at radius 3 is 1.26 bits per heavy atom. The van der Waals surface area contributed by atoms with Gasteiger partial charge in [-0.2, -0.15) is 0 Å². The van der Waals surface area contributed by atoms with E-state index in [-0.39, 0.29) is 12.5 Å². The maximum atomic E-state index is 13.0. The van der Waals surface area contributed by atoms with Gasteiger partial charge in [0, 0.05) is 6.42 Å². The molecule has 0 radical (unpaired) electrons. The number of aliphatic hydroxyl groups excluding tert-OH is 1. The van der Waals surface area contributed by atoms with Crippen LogP contribution in [-0.2, 0) is 18.4 Å². The molecule has 0 aliphatic heterocycles. The van der Waals surface area contributed by atoms with Crippen molar-refractivity contribution in [1.29, 1.82) is 0 Å². The minimum absolute atomic E-state index is 0.0129. The van der Waals surface area contributed by atoms with Crippen molar-refractivity contribution in [1.82, 2.24) is 5.32 Å². The van der Waals surface area contributed by atoms with Crippen molar-refractivity contribution in [3.05, 3.63) is 97.2 Å². The molecule has 0 aliphatic carbocycles. The number of allylic oxidation sites excluding steroid dienone is 15. The average Bonchev–Trinajstić information content (AvgIpc) is 3.36. The molecular formula is C65H117N2O6P. The van der Waals surface area contributed by atoms with E-state index in [1.54, 1.807) is 6.08 Å². The fourth-order valence-electron chi connectivity index (χ4n) is 8.51. The van der Waals surface area contributed by atoms with Crippen LogP contribution in [0, 0.1) is 0 Å². The Morgan fingerprint density at radius 1 is 0.486 bits per heavy atom. The van der Waals surface area contributed by atoms with Gasteiger partial charge in [0.2, 0.25) is 5.91 Å². The number of carbonyl (C=O) groups is 1. The molecule has 0 aliphatic rings. The van der Waals surface area contributed by atoms with E-state index in [0.717, 1.165) is 77.0 Å². The largest absolute Gasteiger partial charge is 0.756 e. The first-order valence-electron chi connectivity index (χ1n) is 30.6. The van der Waals surface area contributed by atoms with Crippen molar-refractivity contribution in [2.45, 2.75) is 270 Å². The standard InChI is InChI=1S/C65H117N2O6P/c1-6-8-10-12-14-16-18-20-22-24-26-28-30-31-32-33-34-35-37-39-41-43-45-47-49-51-53-55-57-59-65(69)66-63(62-73-74(70,71)72-61-60-67(3,4)5)64(68)58-56-54-52-50-48-46-44-42-40-38-36-29-27-25-23-21-19-17-15-13-11-9-7-2/h8,10,14,16,20,22,26,28,31-32,40,42,48,50,56,58,63-64,68H,6-7,9,11-13,15,17-19,21,23-25,27,29-30,33-39,41,43-47,49,51-55,57,59-62H2,1-5H3,(H-,66,69,70,71)/b10-8-,16-14-,22-20-,28-26-,32-31-,42-40+,50-48+,58-56+. The molecule has 428 valence electrons. The molecule has 0 fully saturated rings. The van der Waals surface area contributed by atoms with Gasteiger partial charge >= 0.3 is 0 Å². The van der Waals surface area contributed by atoms with Crippen LogP contribution in [0.25, 0.3) is 0 Å². The summed E-state index contributed by atoms with van der Waals surface area (Å²) in [6, 6.07) is -0.917. The Bertz CT molecular complexity index is 1520. The van der Waals surface area contributed by atoms with Crippen LogP contribution in [0.1, 0.15) is 258 Å². The molecule has 0 saturated heterocycles. The van der Waals surface area contributed by atoms with Crippen molar-refractivity contribution in [2.24, 2.45) is 0 Å². The number of likely N-dealkylation sites (N-methyl/N-ethyl adjacent to an activating group) is 1. The van der Waals surface area contributed by atoms with Crippen molar-refractivity contribution in [3.63, 3.8) is 0 Å². The zero-order valence-corrected chi connectivity index (χ0v) is 49.7. The van der Waals surface area contributed by atoms with Crippen LogP contribution in [-0.4, -0.2) is 68.5 Å². The number of unbranched alkanes of at least 4 members (excludes halogenated alkanes) is 28. The van der Waals surface area contributed by atoms with Gasteiger partial charge in [-0.1, -0.05) is 259 Å². The van der Waals surface area contributed by atoms with E-state index in [0.29, 0.717) is 17.4 Å². The van der Waals surface area contributed by atoms with E-state index >= 15 is 0 Å². The summed E-state index contributed by atoms with van der Waals surface area (Å²) >= 11 is 0. The van der Waals surface area contributed by atoms with Gasteiger partial charge in [-0.25, -0.2) is 0 Å². The average molecular weight is 1050 g/mol. The molecule has 3 atom stereocenters. The highest BCUT2D eigenvalue weighted by atomic mass is 31.2. The number of phosphoric acid groups is 1. The molecule has 9 heteroatoms. The molecule has 0 aromatic rings. The van der Waals surface area contributed by atoms with E-state index in [2.05, 4.69) is 104 Å². The third-order valence-corrected chi connectivity index (χ3v) is 14.2. The molecule has 0 aromatic carbocycles. The lowest BCUT2D eigenvalue weighted by atomic mass is 10.0. The Balaban J connectivity index is 4.24. The molecule has 0 heterocycles. The number of hydrogen-bond donors (Lipinski definition) is 2. The second-order valence-corrected chi connectivity index (χ2v) is 23.1. The first kappa shape index (κ1) is 71.4. The second-order valence-electron chi connectivity index (χ2n) is 21.7.